The molecule has 3 rings (SSSR count). The molecule has 0 bridgehead atoms. The second kappa shape index (κ2) is 5.80. The molecule has 20 heavy (non-hydrogen) atoms. The van der Waals surface area contributed by atoms with Crippen molar-refractivity contribution in [3.8, 4) is 5.69 Å². The lowest BCUT2D eigenvalue weighted by atomic mass is 10.2. The first-order valence-electron chi connectivity index (χ1n) is 6.38. The van der Waals surface area contributed by atoms with Crippen LogP contribution in [0.4, 0.5) is 5.69 Å². The maximum atomic E-state index is 5.88. The molecule has 100 valence electrons. The highest BCUT2D eigenvalue weighted by Gasteiger charge is 1.98. The fourth-order valence-corrected chi connectivity index (χ4v) is 2.12. The van der Waals surface area contributed by atoms with Gasteiger partial charge in [-0.1, -0.05) is 29.8 Å². The number of anilines is 1. The van der Waals surface area contributed by atoms with Crippen LogP contribution in [0.1, 0.15) is 5.56 Å². The Morgan fingerprint density at radius 2 is 1.95 bits per heavy atom. The van der Waals surface area contributed by atoms with Gasteiger partial charge in [0.25, 0.3) is 0 Å². The molecule has 0 aliphatic rings. The molecule has 0 aliphatic heterocycles. The van der Waals surface area contributed by atoms with Gasteiger partial charge >= 0.3 is 0 Å². The van der Waals surface area contributed by atoms with E-state index >= 15 is 0 Å². The first-order chi connectivity index (χ1) is 9.81. The summed E-state index contributed by atoms with van der Waals surface area (Å²) in [7, 11) is 0. The summed E-state index contributed by atoms with van der Waals surface area (Å²) in [6.45, 7) is 0.768. The van der Waals surface area contributed by atoms with E-state index in [9.17, 15) is 0 Å². The van der Waals surface area contributed by atoms with Crippen molar-refractivity contribution < 1.29 is 0 Å². The van der Waals surface area contributed by atoms with Crippen LogP contribution in [0.2, 0.25) is 5.02 Å². The molecule has 0 unspecified atom stereocenters. The largest absolute Gasteiger partial charge is 0.381 e. The summed E-state index contributed by atoms with van der Waals surface area (Å²) in [5.74, 6) is 0. The van der Waals surface area contributed by atoms with E-state index in [-0.39, 0.29) is 0 Å². The molecule has 0 radical (unpaired) electrons. The van der Waals surface area contributed by atoms with Gasteiger partial charge in [-0.2, -0.15) is 0 Å². The van der Waals surface area contributed by atoms with Crippen molar-refractivity contribution in [3.05, 3.63) is 77.8 Å². The van der Waals surface area contributed by atoms with Gasteiger partial charge in [-0.3, -0.25) is 0 Å². The lowest BCUT2D eigenvalue weighted by molar-refractivity contribution is 1.05. The van der Waals surface area contributed by atoms with Gasteiger partial charge in [-0.15, -0.1) is 0 Å². The Morgan fingerprint density at radius 3 is 2.70 bits per heavy atom. The van der Waals surface area contributed by atoms with Crippen LogP contribution in [0.15, 0.2) is 67.3 Å². The van der Waals surface area contributed by atoms with E-state index in [0.717, 1.165) is 22.9 Å². The maximum Gasteiger partial charge on any atom is 0.0991 e. The van der Waals surface area contributed by atoms with E-state index in [1.165, 1.54) is 5.56 Å². The quantitative estimate of drug-likeness (QED) is 0.780. The van der Waals surface area contributed by atoms with E-state index < -0.39 is 0 Å². The summed E-state index contributed by atoms with van der Waals surface area (Å²) < 4.78 is 1.98. The molecule has 0 atom stereocenters. The maximum absolute atomic E-state index is 5.88. The lowest BCUT2D eigenvalue weighted by Gasteiger charge is -2.09. The molecule has 4 heteroatoms. The standard InChI is InChI=1S/C16H14ClN3/c17-14-6-4-13(5-7-14)11-19-15-2-1-3-16(10-15)20-9-8-18-12-20/h1-10,12,19H,11H2. The third-order valence-corrected chi connectivity index (χ3v) is 3.31. The summed E-state index contributed by atoms with van der Waals surface area (Å²) in [6.07, 6.45) is 5.49. The van der Waals surface area contributed by atoms with Crippen LogP contribution in [0.3, 0.4) is 0 Å². The first-order valence-corrected chi connectivity index (χ1v) is 6.76. The summed E-state index contributed by atoms with van der Waals surface area (Å²) >= 11 is 5.88. The van der Waals surface area contributed by atoms with E-state index in [1.54, 1.807) is 12.5 Å². The topological polar surface area (TPSA) is 29.9 Å². The van der Waals surface area contributed by atoms with E-state index in [4.69, 9.17) is 11.6 Å². The number of nitrogens with one attached hydrogen (secondary N) is 1. The van der Waals surface area contributed by atoms with Gasteiger partial charge in [0.1, 0.15) is 0 Å². The highest BCUT2D eigenvalue weighted by molar-refractivity contribution is 6.30. The Labute approximate surface area is 122 Å². The predicted octanol–water partition coefficient (Wildman–Crippen LogP) is 4.14. The van der Waals surface area contributed by atoms with E-state index in [0.29, 0.717) is 0 Å². The van der Waals surface area contributed by atoms with Crippen LogP contribution in [-0.4, -0.2) is 9.55 Å². The zero-order chi connectivity index (χ0) is 13.8. The average Bonchev–Trinajstić information content (AvgIpc) is 3.01. The van der Waals surface area contributed by atoms with Crippen molar-refractivity contribution in [2.24, 2.45) is 0 Å². The minimum absolute atomic E-state index is 0.760. The number of nitrogens with zero attached hydrogens (tertiary/aromatic N) is 2. The summed E-state index contributed by atoms with van der Waals surface area (Å²) in [4.78, 5) is 4.06. The molecule has 0 fully saturated rings. The van der Waals surface area contributed by atoms with Crippen LogP contribution < -0.4 is 5.32 Å². The zero-order valence-electron chi connectivity index (χ0n) is 10.8. The van der Waals surface area contributed by atoms with Crippen molar-refractivity contribution in [2.45, 2.75) is 6.54 Å². The van der Waals surface area contributed by atoms with Crippen LogP contribution in [0.25, 0.3) is 5.69 Å². The summed E-state index contributed by atoms with van der Waals surface area (Å²) in [5, 5.41) is 4.17. The van der Waals surface area contributed by atoms with Gasteiger partial charge < -0.3 is 9.88 Å². The Balaban J connectivity index is 1.72. The highest BCUT2D eigenvalue weighted by atomic mass is 35.5. The molecule has 0 aliphatic carbocycles. The molecule has 1 heterocycles. The van der Waals surface area contributed by atoms with Crippen molar-refractivity contribution >= 4 is 17.3 Å². The van der Waals surface area contributed by atoms with Crippen molar-refractivity contribution in [3.63, 3.8) is 0 Å². The van der Waals surface area contributed by atoms with E-state index in [2.05, 4.69) is 28.5 Å². The van der Waals surface area contributed by atoms with E-state index in [1.807, 2.05) is 41.1 Å². The third kappa shape index (κ3) is 3.00. The van der Waals surface area contributed by atoms with Gasteiger partial charge in [-0.25, -0.2) is 4.98 Å². The molecule has 2 aromatic carbocycles. The lowest BCUT2D eigenvalue weighted by Crippen LogP contribution is -2.00. The first kappa shape index (κ1) is 12.8. The minimum atomic E-state index is 0.760. The predicted molar refractivity (Wildman–Crippen MR) is 82.3 cm³/mol. The molecule has 0 saturated heterocycles. The fraction of sp³-hybridized carbons (Fsp3) is 0.0625. The number of aromatic nitrogens is 2. The second-order valence-corrected chi connectivity index (χ2v) is 4.94. The Bertz CT molecular complexity index is 675. The Kier molecular flexibility index (Phi) is 3.70. The molecular formula is C16H14ClN3. The SMILES string of the molecule is Clc1ccc(CNc2cccc(-n3ccnc3)c2)cc1. The van der Waals surface area contributed by atoms with Gasteiger partial charge in [0, 0.05) is 35.3 Å². The Morgan fingerprint density at radius 1 is 1.10 bits per heavy atom. The molecule has 3 nitrogen and oxygen atoms in total. The van der Waals surface area contributed by atoms with Crippen LogP contribution in [-0.2, 0) is 6.54 Å². The summed E-state index contributed by atoms with van der Waals surface area (Å²) in [5.41, 5.74) is 3.36. The van der Waals surface area contributed by atoms with Crippen LogP contribution in [0, 0.1) is 0 Å². The smallest absolute Gasteiger partial charge is 0.0991 e. The molecule has 0 saturated carbocycles. The normalized spacial score (nSPS) is 10.4. The van der Waals surface area contributed by atoms with Crippen molar-refractivity contribution in [1.82, 2.24) is 9.55 Å². The number of hydrogen-bond donors (Lipinski definition) is 1. The molecule has 3 aromatic rings. The minimum Gasteiger partial charge on any atom is -0.381 e. The molecule has 1 aromatic heterocycles. The number of hydrogen-bond acceptors (Lipinski definition) is 2. The molecular weight excluding hydrogens is 270 g/mol. The van der Waals surface area contributed by atoms with Gasteiger partial charge in [0.05, 0.1) is 6.33 Å². The van der Waals surface area contributed by atoms with Gasteiger partial charge in [0.2, 0.25) is 0 Å². The van der Waals surface area contributed by atoms with Crippen LogP contribution in [0.5, 0.6) is 0 Å². The number of halogens is 1. The van der Waals surface area contributed by atoms with Gasteiger partial charge in [0.15, 0.2) is 0 Å². The second-order valence-electron chi connectivity index (χ2n) is 4.50. The average molecular weight is 284 g/mol. The van der Waals surface area contributed by atoms with Crippen molar-refractivity contribution in [2.75, 3.05) is 5.32 Å². The highest BCUT2D eigenvalue weighted by Crippen LogP contribution is 2.16. The molecule has 0 amide bonds. The monoisotopic (exact) mass is 283 g/mol. The van der Waals surface area contributed by atoms with Crippen LogP contribution >= 0.6 is 11.6 Å². The third-order valence-electron chi connectivity index (χ3n) is 3.06. The fourth-order valence-electron chi connectivity index (χ4n) is 1.99. The molecule has 1 N–H and O–H groups in total. The molecule has 0 spiro atoms. The number of rotatable bonds is 4. The Hall–Kier alpha value is -2.26. The van der Waals surface area contributed by atoms with Crippen molar-refractivity contribution in [1.29, 1.82) is 0 Å². The zero-order valence-corrected chi connectivity index (χ0v) is 11.6. The van der Waals surface area contributed by atoms with Gasteiger partial charge in [-0.05, 0) is 35.9 Å². The number of imidazole rings is 1. The summed E-state index contributed by atoms with van der Waals surface area (Å²) in [6, 6.07) is 16.1. The number of benzene rings is 2.